The second kappa shape index (κ2) is 2.96. The van der Waals surface area contributed by atoms with E-state index in [0.717, 1.165) is 0 Å². The molecule has 68 valence electrons. The van der Waals surface area contributed by atoms with E-state index in [1.165, 1.54) is 10.6 Å². The highest BCUT2D eigenvalue weighted by molar-refractivity contribution is 9.10. The SMILES string of the molecule is Cn1c(Cl)nc2cc(Br)cc(F)c21. The summed E-state index contributed by atoms with van der Waals surface area (Å²) in [5.74, 6) is -0.328. The van der Waals surface area contributed by atoms with Crippen LogP contribution < -0.4 is 0 Å². The zero-order chi connectivity index (χ0) is 9.59. The van der Waals surface area contributed by atoms with Crippen molar-refractivity contribution in [3.8, 4) is 0 Å². The van der Waals surface area contributed by atoms with Crippen LogP contribution in [0.3, 0.4) is 0 Å². The third kappa shape index (κ3) is 1.34. The Labute approximate surface area is 87.5 Å². The molecule has 13 heavy (non-hydrogen) atoms. The van der Waals surface area contributed by atoms with E-state index in [0.29, 0.717) is 15.5 Å². The van der Waals surface area contributed by atoms with Gasteiger partial charge in [0.25, 0.3) is 0 Å². The van der Waals surface area contributed by atoms with Crippen LogP contribution in [-0.4, -0.2) is 9.55 Å². The average Bonchev–Trinajstić information content (AvgIpc) is 2.27. The summed E-state index contributed by atoms with van der Waals surface area (Å²) in [7, 11) is 1.68. The van der Waals surface area contributed by atoms with Gasteiger partial charge in [0.15, 0.2) is 0 Å². The third-order valence-corrected chi connectivity index (χ3v) is 2.63. The lowest BCUT2D eigenvalue weighted by atomic mass is 10.3. The molecule has 0 aliphatic carbocycles. The number of halogens is 3. The Morgan fingerprint density at radius 1 is 1.54 bits per heavy atom. The van der Waals surface area contributed by atoms with Gasteiger partial charge in [0.2, 0.25) is 5.28 Å². The third-order valence-electron chi connectivity index (χ3n) is 1.83. The molecule has 2 aromatic rings. The summed E-state index contributed by atoms with van der Waals surface area (Å²) >= 11 is 8.93. The fraction of sp³-hybridized carbons (Fsp3) is 0.125. The minimum atomic E-state index is -0.328. The monoisotopic (exact) mass is 262 g/mol. The molecule has 5 heteroatoms. The zero-order valence-electron chi connectivity index (χ0n) is 6.68. The fourth-order valence-corrected chi connectivity index (χ4v) is 1.83. The minimum absolute atomic E-state index is 0.284. The Morgan fingerprint density at radius 3 is 2.92 bits per heavy atom. The smallest absolute Gasteiger partial charge is 0.203 e. The summed E-state index contributed by atoms with van der Waals surface area (Å²) in [4.78, 5) is 3.99. The Balaban J connectivity index is 2.94. The van der Waals surface area contributed by atoms with Crippen LogP contribution >= 0.6 is 27.5 Å². The Kier molecular flexibility index (Phi) is 2.04. The summed E-state index contributed by atoms with van der Waals surface area (Å²) in [5, 5.41) is 0.284. The first-order chi connectivity index (χ1) is 6.09. The summed E-state index contributed by atoms with van der Waals surface area (Å²) < 4.78 is 15.5. The normalized spacial score (nSPS) is 11.1. The first-order valence-corrected chi connectivity index (χ1v) is 4.73. The number of hydrogen-bond donors (Lipinski definition) is 0. The van der Waals surface area contributed by atoms with Gasteiger partial charge in [0.1, 0.15) is 11.3 Å². The van der Waals surface area contributed by atoms with Crippen molar-refractivity contribution >= 4 is 38.6 Å². The van der Waals surface area contributed by atoms with Crippen LogP contribution in [0.2, 0.25) is 5.28 Å². The zero-order valence-corrected chi connectivity index (χ0v) is 9.02. The first kappa shape index (κ1) is 8.97. The highest BCUT2D eigenvalue weighted by Crippen LogP contribution is 2.24. The van der Waals surface area contributed by atoms with Gasteiger partial charge in [-0.15, -0.1) is 0 Å². The van der Waals surface area contributed by atoms with Crippen molar-refractivity contribution in [1.29, 1.82) is 0 Å². The van der Waals surface area contributed by atoms with Gasteiger partial charge in [0.05, 0.1) is 5.52 Å². The molecule has 1 aromatic heterocycles. The second-order valence-corrected chi connectivity index (χ2v) is 3.95. The van der Waals surface area contributed by atoms with Gasteiger partial charge in [-0.25, -0.2) is 9.37 Å². The van der Waals surface area contributed by atoms with Gasteiger partial charge in [-0.2, -0.15) is 0 Å². The summed E-state index contributed by atoms with van der Waals surface area (Å²) in [5.41, 5.74) is 0.979. The molecule has 1 aromatic carbocycles. The largest absolute Gasteiger partial charge is 0.315 e. The molecule has 0 saturated carbocycles. The predicted molar refractivity (Wildman–Crippen MR) is 53.4 cm³/mol. The van der Waals surface area contributed by atoms with E-state index in [1.54, 1.807) is 13.1 Å². The van der Waals surface area contributed by atoms with Crippen molar-refractivity contribution < 1.29 is 4.39 Å². The van der Waals surface area contributed by atoms with Crippen LogP contribution in [0.5, 0.6) is 0 Å². The molecular weight excluding hydrogens is 258 g/mol. The van der Waals surface area contributed by atoms with Crippen molar-refractivity contribution in [2.45, 2.75) is 0 Å². The topological polar surface area (TPSA) is 17.8 Å². The molecule has 0 N–H and O–H groups in total. The highest BCUT2D eigenvalue weighted by Gasteiger charge is 2.10. The van der Waals surface area contributed by atoms with Gasteiger partial charge < -0.3 is 4.57 Å². The lowest BCUT2D eigenvalue weighted by Crippen LogP contribution is -1.89. The van der Waals surface area contributed by atoms with Gasteiger partial charge >= 0.3 is 0 Å². The number of imidazole rings is 1. The molecule has 0 spiro atoms. The molecule has 2 nitrogen and oxygen atoms in total. The number of fused-ring (bicyclic) bond motifs is 1. The maximum absolute atomic E-state index is 13.4. The number of nitrogens with zero attached hydrogens (tertiary/aromatic N) is 2. The maximum atomic E-state index is 13.4. The average molecular weight is 263 g/mol. The number of benzene rings is 1. The minimum Gasteiger partial charge on any atom is -0.315 e. The van der Waals surface area contributed by atoms with Crippen LogP contribution in [0, 0.1) is 5.82 Å². The van der Waals surface area contributed by atoms with Crippen molar-refractivity contribution in [1.82, 2.24) is 9.55 Å². The molecule has 0 atom stereocenters. The van der Waals surface area contributed by atoms with E-state index in [2.05, 4.69) is 20.9 Å². The summed E-state index contributed by atoms with van der Waals surface area (Å²) in [6, 6.07) is 3.12. The summed E-state index contributed by atoms with van der Waals surface area (Å²) in [6.07, 6.45) is 0. The van der Waals surface area contributed by atoms with Crippen molar-refractivity contribution in [2.75, 3.05) is 0 Å². The van der Waals surface area contributed by atoms with Gasteiger partial charge in [0, 0.05) is 11.5 Å². The van der Waals surface area contributed by atoms with Gasteiger partial charge in [-0.3, -0.25) is 0 Å². The van der Waals surface area contributed by atoms with Gasteiger partial charge in [-0.1, -0.05) is 15.9 Å². The standard InChI is InChI=1S/C8H5BrClFN2/c1-13-7-5(11)2-4(9)3-6(7)12-8(13)10/h2-3H,1H3. The van der Waals surface area contributed by atoms with E-state index in [-0.39, 0.29) is 11.1 Å². The lowest BCUT2D eigenvalue weighted by Gasteiger charge is -1.97. The molecule has 2 rings (SSSR count). The van der Waals surface area contributed by atoms with E-state index in [9.17, 15) is 4.39 Å². The van der Waals surface area contributed by atoms with Crippen LogP contribution in [0.25, 0.3) is 11.0 Å². The maximum Gasteiger partial charge on any atom is 0.203 e. The Hall–Kier alpha value is -0.610. The van der Waals surface area contributed by atoms with E-state index in [1.807, 2.05) is 0 Å². The molecule has 0 aliphatic heterocycles. The predicted octanol–water partition coefficient (Wildman–Crippen LogP) is 3.13. The molecule has 0 radical (unpaired) electrons. The van der Waals surface area contributed by atoms with Gasteiger partial charge in [-0.05, 0) is 23.7 Å². The number of rotatable bonds is 0. The molecule has 0 unspecified atom stereocenters. The molecule has 0 bridgehead atoms. The lowest BCUT2D eigenvalue weighted by molar-refractivity contribution is 0.631. The molecule has 1 heterocycles. The molecule has 0 fully saturated rings. The highest BCUT2D eigenvalue weighted by atomic mass is 79.9. The Bertz CT molecular complexity index is 480. The quantitative estimate of drug-likeness (QED) is 0.714. The van der Waals surface area contributed by atoms with Crippen LogP contribution in [0.1, 0.15) is 0 Å². The number of hydrogen-bond acceptors (Lipinski definition) is 1. The van der Waals surface area contributed by atoms with E-state index >= 15 is 0 Å². The molecule has 0 saturated heterocycles. The van der Waals surface area contributed by atoms with E-state index in [4.69, 9.17) is 11.6 Å². The van der Waals surface area contributed by atoms with Crippen molar-refractivity contribution in [2.24, 2.45) is 7.05 Å². The van der Waals surface area contributed by atoms with E-state index < -0.39 is 0 Å². The molecule has 0 amide bonds. The van der Waals surface area contributed by atoms with Crippen molar-refractivity contribution in [3.63, 3.8) is 0 Å². The number of aromatic nitrogens is 2. The molecular formula is C8H5BrClFN2. The first-order valence-electron chi connectivity index (χ1n) is 3.56. The van der Waals surface area contributed by atoms with Crippen LogP contribution in [-0.2, 0) is 7.05 Å². The van der Waals surface area contributed by atoms with Crippen LogP contribution in [0.4, 0.5) is 4.39 Å². The summed E-state index contributed by atoms with van der Waals surface area (Å²) in [6.45, 7) is 0. The molecule has 0 aliphatic rings. The van der Waals surface area contributed by atoms with Crippen molar-refractivity contribution in [3.05, 3.63) is 27.7 Å². The fourth-order valence-electron chi connectivity index (χ4n) is 1.24. The second-order valence-electron chi connectivity index (χ2n) is 2.70. The van der Waals surface area contributed by atoms with Crippen LogP contribution in [0.15, 0.2) is 16.6 Å². The number of aryl methyl sites for hydroxylation is 1. The Morgan fingerprint density at radius 2 is 2.23 bits per heavy atom.